The van der Waals surface area contributed by atoms with Crippen molar-refractivity contribution in [1.82, 2.24) is 4.90 Å². The number of hydrogen-bond acceptors (Lipinski definition) is 3. The predicted octanol–water partition coefficient (Wildman–Crippen LogP) is 1.43. The van der Waals surface area contributed by atoms with Crippen molar-refractivity contribution in [2.24, 2.45) is 5.41 Å². The summed E-state index contributed by atoms with van der Waals surface area (Å²) in [5, 5.41) is 18.1. The first-order valence-corrected chi connectivity index (χ1v) is 6.22. The molecule has 1 fully saturated rings. The maximum atomic E-state index is 11.1. The van der Waals surface area contributed by atoms with Crippen molar-refractivity contribution in [3.63, 3.8) is 0 Å². The number of rotatable bonds is 6. The molecule has 0 aromatic carbocycles. The Kier molecular flexibility index (Phi) is 4.93. The van der Waals surface area contributed by atoms with E-state index < -0.39 is 17.4 Å². The SMILES string of the molecule is CCCCCN1CCC(C(=O)O)(C(=O)O)CC1. The maximum absolute atomic E-state index is 11.1. The predicted molar refractivity (Wildman–Crippen MR) is 62.9 cm³/mol. The molecule has 0 aliphatic carbocycles. The summed E-state index contributed by atoms with van der Waals surface area (Å²) >= 11 is 0. The van der Waals surface area contributed by atoms with Gasteiger partial charge in [-0.2, -0.15) is 0 Å². The van der Waals surface area contributed by atoms with Gasteiger partial charge in [0.15, 0.2) is 5.41 Å². The van der Waals surface area contributed by atoms with Crippen molar-refractivity contribution in [3.8, 4) is 0 Å². The molecule has 17 heavy (non-hydrogen) atoms. The van der Waals surface area contributed by atoms with Gasteiger partial charge in [-0.25, -0.2) is 0 Å². The van der Waals surface area contributed by atoms with Crippen LogP contribution in [0.5, 0.6) is 0 Å². The summed E-state index contributed by atoms with van der Waals surface area (Å²) < 4.78 is 0. The largest absolute Gasteiger partial charge is 0.480 e. The topological polar surface area (TPSA) is 77.8 Å². The van der Waals surface area contributed by atoms with Gasteiger partial charge in [-0.05, 0) is 38.9 Å². The second kappa shape index (κ2) is 6.00. The highest BCUT2D eigenvalue weighted by Gasteiger charge is 2.48. The molecule has 0 aromatic heterocycles. The molecule has 1 aliphatic heterocycles. The molecule has 1 rings (SSSR count). The molecule has 1 saturated heterocycles. The van der Waals surface area contributed by atoms with Crippen LogP contribution in [0.15, 0.2) is 0 Å². The molecule has 0 radical (unpaired) electrons. The van der Waals surface area contributed by atoms with Crippen molar-refractivity contribution >= 4 is 11.9 Å². The summed E-state index contributed by atoms with van der Waals surface area (Å²) in [6, 6.07) is 0. The Balaban J connectivity index is 2.48. The standard InChI is InChI=1S/C12H21NO4/c1-2-3-4-7-13-8-5-12(6-9-13,10(14)15)11(16)17/h2-9H2,1H3,(H,14,15)(H,16,17). The Labute approximate surface area is 101 Å². The Bertz CT molecular complexity index is 266. The number of nitrogens with zero attached hydrogens (tertiary/aromatic N) is 1. The van der Waals surface area contributed by atoms with Gasteiger partial charge in [0, 0.05) is 0 Å². The molecule has 2 N–H and O–H groups in total. The molecular formula is C12H21NO4. The molecule has 1 aliphatic rings. The lowest BCUT2D eigenvalue weighted by atomic mass is 9.78. The molecule has 0 bridgehead atoms. The number of hydrogen-bond donors (Lipinski definition) is 2. The lowest BCUT2D eigenvalue weighted by Gasteiger charge is -2.35. The van der Waals surface area contributed by atoms with E-state index in [0.29, 0.717) is 13.1 Å². The lowest BCUT2D eigenvalue weighted by Crippen LogP contribution is -2.49. The van der Waals surface area contributed by atoms with E-state index in [-0.39, 0.29) is 12.8 Å². The average Bonchev–Trinajstić information content (AvgIpc) is 2.29. The molecule has 0 spiro atoms. The van der Waals surface area contributed by atoms with Crippen molar-refractivity contribution in [2.45, 2.75) is 39.0 Å². The minimum atomic E-state index is -1.55. The van der Waals surface area contributed by atoms with Crippen LogP contribution in [-0.4, -0.2) is 46.7 Å². The third-order valence-electron chi connectivity index (χ3n) is 3.61. The highest BCUT2D eigenvalue weighted by molar-refractivity contribution is 5.98. The second-order valence-corrected chi connectivity index (χ2v) is 4.74. The fourth-order valence-electron chi connectivity index (χ4n) is 2.26. The van der Waals surface area contributed by atoms with E-state index in [9.17, 15) is 9.59 Å². The lowest BCUT2D eigenvalue weighted by molar-refractivity contribution is -0.168. The zero-order chi connectivity index (χ0) is 12.9. The van der Waals surface area contributed by atoms with E-state index in [2.05, 4.69) is 11.8 Å². The van der Waals surface area contributed by atoms with Gasteiger partial charge in [0.2, 0.25) is 0 Å². The zero-order valence-corrected chi connectivity index (χ0v) is 10.3. The Morgan fingerprint density at radius 1 is 1.12 bits per heavy atom. The van der Waals surface area contributed by atoms with Crippen molar-refractivity contribution in [2.75, 3.05) is 19.6 Å². The van der Waals surface area contributed by atoms with Crippen LogP contribution in [0.4, 0.5) is 0 Å². The van der Waals surface area contributed by atoms with Gasteiger partial charge >= 0.3 is 11.9 Å². The number of piperidine rings is 1. The minimum absolute atomic E-state index is 0.212. The van der Waals surface area contributed by atoms with Crippen LogP contribution in [0.1, 0.15) is 39.0 Å². The summed E-state index contributed by atoms with van der Waals surface area (Å²) in [7, 11) is 0. The Morgan fingerprint density at radius 2 is 1.65 bits per heavy atom. The molecule has 1 heterocycles. The molecular weight excluding hydrogens is 222 g/mol. The minimum Gasteiger partial charge on any atom is -0.480 e. The average molecular weight is 243 g/mol. The third kappa shape index (κ3) is 3.19. The van der Waals surface area contributed by atoms with Gasteiger partial charge in [-0.15, -0.1) is 0 Å². The normalized spacial score (nSPS) is 20.1. The van der Waals surface area contributed by atoms with E-state index in [1.165, 1.54) is 6.42 Å². The van der Waals surface area contributed by atoms with Gasteiger partial charge < -0.3 is 15.1 Å². The van der Waals surface area contributed by atoms with Gasteiger partial charge in [-0.3, -0.25) is 9.59 Å². The Hall–Kier alpha value is -1.10. The molecule has 0 aromatic rings. The molecule has 5 nitrogen and oxygen atoms in total. The van der Waals surface area contributed by atoms with Gasteiger partial charge in [0.25, 0.3) is 0 Å². The van der Waals surface area contributed by atoms with Crippen LogP contribution in [0.3, 0.4) is 0 Å². The number of unbranched alkanes of at least 4 members (excludes halogenated alkanes) is 2. The number of carboxylic acids is 2. The van der Waals surface area contributed by atoms with E-state index in [1.54, 1.807) is 0 Å². The highest BCUT2D eigenvalue weighted by atomic mass is 16.4. The van der Waals surface area contributed by atoms with Crippen LogP contribution in [0.25, 0.3) is 0 Å². The maximum Gasteiger partial charge on any atom is 0.321 e. The molecule has 0 unspecified atom stereocenters. The van der Waals surface area contributed by atoms with Crippen molar-refractivity contribution in [1.29, 1.82) is 0 Å². The molecule has 0 amide bonds. The summed E-state index contributed by atoms with van der Waals surface area (Å²) in [6.07, 6.45) is 3.85. The van der Waals surface area contributed by atoms with Gasteiger partial charge in [0.1, 0.15) is 0 Å². The van der Waals surface area contributed by atoms with Crippen molar-refractivity contribution in [3.05, 3.63) is 0 Å². The summed E-state index contributed by atoms with van der Waals surface area (Å²) in [6.45, 7) is 4.23. The number of carboxylic acid groups (broad SMARTS) is 2. The third-order valence-corrected chi connectivity index (χ3v) is 3.61. The first kappa shape index (κ1) is 14.0. The smallest absolute Gasteiger partial charge is 0.321 e. The second-order valence-electron chi connectivity index (χ2n) is 4.74. The Morgan fingerprint density at radius 3 is 2.06 bits per heavy atom. The fourth-order valence-corrected chi connectivity index (χ4v) is 2.26. The van der Waals surface area contributed by atoms with E-state index in [1.807, 2.05) is 0 Å². The fraction of sp³-hybridized carbons (Fsp3) is 0.833. The van der Waals surface area contributed by atoms with Crippen LogP contribution in [0, 0.1) is 5.41 Å². The summed E-state index contributed by atoms with van der Waals surface area (Å²) in [4.78, 5) is 24.3. The van der Waals surface area contributed by atoms with E-state index in [4.69, 9.17) is 10.2 Å². The first-order valence-electron chi connectivity index (χ1n) is 6.22. The van der Waals surface area contributed by atoms with Crippen LogP contribution >= 0.6 is 0 Å². The highest BCUT2D eigenvalue weighted by Crippen LogP contribution is 2.32. The number of carbonyl (C=O) groups is 2. The van der Waals surface area contributed by atoms with Crippen LogP contribution in [-0.2, 0) is 9.59 Å². The van der Waals surface area contributed by atoms with E-state index in [0.717, 1.165) is 19.4 Å². The van der Waals surface area contributed by atoms with Gasteiger partial charge in [0.05, 0.1) is 0 Å². The molecule has 98 valence electrons. The summed E-state index contributed by atoms with van der Waals surface area (Å²) in [5.74, 6) is -2.39. The van der Waals surface area contributed by atoms with Crippen molar-refractivity contribution < 1.29 is 19.8 Å². The first-order chi connectivity index (χ1) is 8.03. The molecule has 0 saturated carbocycles. The zero-order valence-electron chi connectivity index (χ0n) is 10.3. The van der Waals surface area contributed by atoms with Crippen LogP contribution < -0.4 is 0 Å². The number of likely N-dealkylation sites (tertiary alicyclic amines) is 1. The molecule has 0 atom stereocenters. The quantitative estimate of drug-likeness (QED) is 0.545. The molecule has 5 heteroatoms. The van der Waals surface area contributed by atoms with E-state index >= 15 is 0 Å². The monoisotopic (exact) mass is 243 g/mol. The van der Waals surface area contributed by atoms with Crippen LogP contribution in [0.2, 0.25) is 0 Å². The summed E-state index contributed by atoms with van der Waals surface area (Å²) in [5.41, 5.74) is -1.55. The van der Waals surface area contributed by atoms with Gasteiger partial charge in [-0.1, -0.05) is 19.8 Å². The number of aliphatic carboxylic acids is 2.